The van der Waals surface area contributed by atoms with E-state index in [-0.39, 0.29) is 11.5 Å². The van der Waals surface area contributed by atoms with Crippen LogP contribution in [0.25, 0.3) is 21.3 Å². The van der Waals surface area contributed by atoms with Gasteiger partial charge < -0.3 is 4.90 Å². The molecule has 2 aromatic heterocycles. The third kappa shape index (κ3) is 2.94. The van der Waals surface area contributed by atoms with Crippen molar-refractivity contribution in [2.75, 3.05) is 13.1 Å². The summed E-state index contributed by atoms with van der Waals surface area (Å²) in [6.45, 7) is 3.31. The van der Waals surface area contributed by atoms with Crippen molar-refractivity contribution >= 4 is 28.0 Å². The van der Waals surface area contributed by atoms with E-state index in [2.05, 4.69) is 5.10 Å². The number of nitrogens with zero attached hydrogens (tertiary/aromatic N) is 3. The molecule has 0 unspecified atom stereocenters. The predicted octanol–water partition coefficient (Wildman–Crippen LogP) is 3.70. The van der Waals surface area contributed by atoms with Gasteiger partial charge in [-0.05, 0) is 43.7 Å². The van der Waals surface area contributed by atoms with E-state index in [9.17, 15) is 9.59 Å². The summed E-state index contributed by atoms with van der Waals surface area (Å²) in [5.74, 6) is -0.0216. The van der Waals surface area contributed by atoms with Crippen molar-refractivity contribution in [3.05, 3.63) is 52.1 Å². The summed E-state index contributed by atoms with van der Waals surface area (Å²) >= 11 is 1.58. The summed E-state index contributed by atoms with van der Waals surface area (Å²) in [4.78, 5) is 28.8. The van der Waals surface area contributed by atoms with Gasteiger partial charge in [-0.3, -0.25) is 9.59 Å². The van der Waals surface area contributed by atoms with Gasteiger partial charge in [-0.15, -0.1) is 11.3 Å². The number of carbonyl (C=O) groups is 1. The highest BCUT2D eigenvalue weighted by molar-refractivity contribution is 7.13. The Labute approximate surface area is 155 Å². The van der Waals surface area contributed by atoms with E-state index in [1.807, 2.05) is 46.7 Å². The molecule has 0 aliphatic carbocycles. The molecular weight excluding hydrogens is 346 g/mol. The minimum atomic E-state index is -0.607. The van der Waals surface area contributed by atoms with E-state index in [0.29, 0.717) is 5.39 Å². The molecule has 4 rings (SSSR count). The molecule has 1 aliphatic rings. The maximum atomic E-state index is 13.0. The Kier molecular flexibility index (Phi) is 4.59. The first-order valence-electron chi connectivity index (χ1n) is 9.01. The fourth-order valence-electron chi connectivity index (χ4n) is 3.55. The second-order valence-corrected chi connectivity index (χ2v) is 7.63. The van der Waals surface area contributed by atoms with Gasteiger partial charge in [0, 0.05) is 18.5 Å². The maximum Gasteiger partial charge on any atom is 0.275 e. The number of hydrogen-bond acceptors (Lipinski definition) is 4. The molecule has 6 heteroatoms. The van der Waals surface area contributed by atoms with E-state index < -0.39 is 6.04 Å². The molecule has 26 heavy (non-hydrogen) atoms. The molecule has 1 aliphatic heterocycles. The summed E-state index contributed by atoms with van der Waals surface area (Å²) in [6.07, 6.45) is 3.22. The Morgan fingerprint density at radius 2 is 1.81 bits per heavy atom. The number of likely N-dealkylation sites (tertiary alicyclic amines) is 1. The lowest BCUT2D eigenvalue weighted by atomic mass is 10.1. The first-order chi connectivity index (χ1) is 12.7. The van der Waals surface area contributed by atoms with Crippen molar-refractivity contribution in [1.82, 2.24) is 14.7 Å². The molecule has 134 valence electrons. The number of carbonyl (C=O) groups excluding carboxylic acids is 1. The highest BCUT2D eigenvalue weighted by Gasteiger charge is 2.26. The van der Waals surface area contributed by atoms with Gasteiger partial charge in [0.15, 0.2) is 0 Å². The molecular formula is C20H21N3O2S. The molecule has 3 heterocycles. The summed E-state index contributed by atoms with van der Waals surface area (Å²) in [5, 5.41) is 8.04. The molecule has 0 saturated carbocycles. The zero-order chi connectivity index (χ0) is 18.1. The van der Waals surface area contributed by atoms with Crippen molar-refractivity contribution in [1.29, 1.82) is 0 Å². The standard InChI is InChI=1S/C20H21N3O2S/c1-14(19(24)22-11-5-2-6-12-22)23-20(25)16-9-4-3-8-15(16)18(21-23)17-10-7-13-26-17/h3-4,7-10,13-14H,2,5-6,11-12H2,1H3/t14-/m1/s1. The number of aromatic nitrogens is 2. The number of fused-ring (bicyclic) bond motifs is 1. The van der Waals surface area contributed by atoms with Crippen LogP contribution < -0.4 is 5.56 Å². The van der Waals surface area contributed by atoms with E-state index in [0.717, 1.165) is 48.3 Å². The van der Waals surface area contributed by atoms with Crippen molar-refractivity contribution in [2.24, 2.45) is 0 Å². The van der Waals surface area contributed by atoms with E-state index in [4.69, 9.17) is 0 Å². The first kappa shape index (κ1) is 17.0. The van der Waals surface area contributed by atoms with E-state index in [1.165, 1.54) is 4.68 Å². The molecule has 1 saturated heterocycles. The van der Waals surface area contributed by atoms with Gasteiger partial charge in [-0.1, -0.05) is 24.3 Å². The van der Waals surface area contributed by atoms with Gasteiger partial charge in [0.1, 0.15) is 11.7 Å². The number of hydrogen-bond donors (Lipinski definition) is 0. The summed E-state index contributed by atoms with van der Waals surface area (Å²) in [5.41, 5.74) is 0.548. The van der Waals surface area contributed by atoms with Crippen LogP contribution >= 0.6 is 11.3 Å². The molecule has 1 fully saturated rings. The molecule has 0 spiro atoms. The fourth-order valence-corrected chi connectivity index (χ4v) is 4.27. The van der Waals surface area contributed by atoms with Crippen LogP contribution in [0.3, 0.4) is 0 Å². The third-order valence-corrected chi connectivity index (χ3v) is 5.85. The van der Waals surface area contributed by atoms with Crippen molar-refractivity contribution in [3.8, 4) is 10.6 Å². The SMILES string of the molecule is C[C@H](C(=O)N1CCCCC1)n1nc(-c2cccs2)c2ccccc2c1=O. The second kappa shape index (κ2) is 7.03. The second-order valence-electron chi connectivity index (χ2n) is 6.68. The summed E-state index contributed by atoms with van der Waals surface area (Å²) in [7, 11) is 0. The topological polar surface area (TPSA) is 55.2 Å². The number of rotatable bonds is 3. The molecule has 0 N–H and O–H groups in total. The molecule has 1 aromatic carbocycles. The van der Waals surface area contributed by atoms with Gasteiger partial charge in [-0.25, -0.2) is 4.68 Å². The highest BCUT2D eigenvalue weighted by Crippen LogP contribution is 2.29. The van der Waals surface area contributed by atoms with Crippen LogP contribution in [0.15, 0.2) is 46.6 Å². The Morgan fingerprint density at radius 3 is 2.50 bits per heavy atom. The van der Waals surface area contributed by atoms with Gasteiger partial charge >= 0.3 is 0 Å². The average molecular weight is 367 g/mol. The van der Waals surface area contributed by atoms with Crippen LogP contribution in [0.2, 0.25) is 0 Å². The highest BCUT2D eigenvalue weighted by atomic mass is 32.1. The number of amides is 1. The minimum Gasteiger partial charge on any atom is -0.341 e. The Bertz CT molecular complexity index is 988. The lowest BCUT2D eigenvalue weighted by molar-refractivity contribution is -0.135. The number of thiophene rings is 1. The van der Waals surface area contributed by atoms with Crippen molar-refractivity contribution in [3.63, 3.8) is 0 Å². The van der Waals surface area contributed by atoms with Crippen LogP contribution in [-0.2, 0) is 4.79 Å². The van der Waals surface area contributed by atoms with E-state index in [1.54, 1.807) is 18.3 Å². The first-order valence-corrected chi connectivity index (χ1v) is 9.89. The molecule has 0 bridgehead atoms. The van der Waals surface area contributed by atoms with Crippen LogP contribution in [0, 0.1) is 0 Å². The zero-order valence-corrected chi connectivity index (χ0v) is 15.5. The van der Waals surface area contributed by atoms with Crippen molar-refractivity contribution < 1.29 is 4.79 Å². The lowest BCUT2D eigenvalue weighted by Crippen LogP contribution is -2.42. The number of piperidine rings is 1. The number of benzene rings is 1. The largest absolute Gasteiger partial charge is 0.341 e. The van der Waals surface area contributed by atoms with Gasteiger partial charge in [0.2, 0.25) is 5.91 Å². The summed E-state index contributed by atoms with van der Waals surface area (Å²) < 4.78 is 1.37. The third-order valence-electron chi connectivity index (χ3n) is 4.97. The minimum absolute atomic E-state index is 0.0216. The molecule has 5 nitrogen and oxygen atoms in total. The van der Waals surface area contributed by atoms with Gasteiger partial charge in [0.05, 0.1) is 10.3 Å². The van der Waals surface area contributed by atoms with Crippen LogP contribution in [-0.4, -0.2) is 33.7 Å². The van der Waals surface area contributed by atoms with Crippen LogP contribution in [0.1, 0.15) is 32.2 Å². The normalized spacial score (nSPS) is 16.0. The summed E-state index contributed by atoms with van der Waals surface area (Å²) in [6, 6.07) is 10.8. The maximum absolute atomic E-state index is 13.0. The van der Waals surface area contributed by atoms with Crippen molar-refractivity contribution in [2.45, 2.75) is 32.2 Å². The fraction of sp³-hybridized carbons (Fsp3) is 0.350. The van der Waals surface area contributed by atoms with Crippen LogP contribution in [0.4, 0.5) is 0 Å². The lowest BCUT2D eigenvalue weighted by Gasteiger charge is -2.29. The quantitative estimate of drug-likeness (QED) is 0.709. The Hall–Kier alpha value is -2.47. The van der Waals surface area contributed by atoms with Crippen LogP contribution in [0.5, 0.6) is 0 Å². The Balaban J connectivity index is 1.83. The molecule has 1 atom stereocenters. The monoisotopic (exact) mass is 367 g/mol. The molecule has 0 radical (unpaired) electrons. The predicted molar refractivity (Wildman–Crippen MR) is 104 cm³/mol. The smallest absolute Gasteiger partial charge is 0.275 e. The van der Waals surface area contributed by atoms with E-state index >= 15 is 0 Å². The van der Waals surface area contributed by atoms with Gasteiger partial charge in [-0.2, -0.15) is 5.10 Å². The molecule has 3 aromatic rings. The van der Waals surface area contributed by atoms with Gasteiger partial charge in [0.25, 0.3) is 5.56 Å². The Morgan fingerprint density at radius 1 is 1.08 bits per heavy atom. The average Bonchev–Trinajstić information content (AvgIpc) is 3.23. The molecule has 1 amide bonds. The zero-order valence-electron chi connectivity index (χ0n) is 14.7.